The zero-order valence-corrected chi connectivity index (χ0v) is 12.2. The SMILES string of the molecule is CCOC(C)CNC(c1ccc(OC)cc1)C1CC1. The van der Waals surface area contributed by atoms with Crippen molar-refractivity contribution in [3.8, 4) is 5.75 Å². The lowest BCUT2D eigenvalue weighted by molar-refractivity contribution is 0.0733. The van der Waals surface area contributed by atoms with Crippen LogP contribution in [0.15, 0.2) is 24.3 Å². The van der Waals surface area contributed by atoms with E-state index in [0.29, 0.717) is 6.04 Å². The third-order valence-corrected chi connectivity index (χ3v) is 3.64. The zero-order valence-electron chi connectivity index (χ0n) is 12.2. The van der Waals surface area contributed by atoms with E-state index in [-0.39, 0.29) is 6.10 Å². The van der Waals surface area contributed by atoms with E-state index < -0.39 is 0 Å². The highest BCUT2D eigenvalue weighted by molar-refractivity contribution is 5.30. The molecule has 1 aliphatic rings. The van der Waals surface area contributed by atoms with Gasteiger partial charge in [0.2, 0.25) is 0 Å². The third-order valence-electron chi connectivity index (χ3n) is 3.64. The first-order valence-corrected chi connectivity index (χ1v) is 7.23. The van der Waals surface area contributed by atoms with E-state index in [2.05, 4.69) is 24.4 Å². The van der Waals surface area contributed by atoms with Gasteiger partial charge < -0.3 is 14.8 Å². The monoisotopic (exact) mass is 263 g/mol. The van der Waals surface area contributed by atoms with Crippen molar-refractivity contribution in [1.82, 2.24) is 5.32 Å². The number of ether oxygens (including phenoxy) is 2. The minimum absolute atomic E-state index is 0.268. The fraction of sp³-hybridized carbons (Fsp3) is 0.625. The van der Waals surface area contributed by atoms with Gasteiger partial charge in [0, 0.05) is 19.2 Å². The molecule has 1 N–H and O–H groups in total. The van der Waals surface area contributed by atoms with E-state index >= 15 is 0 Å². The fourth-order valence-corrected chi connectivity index (χ4v) is 2.43. The number of rotatable bonds is 8. The number of hydrogen-bond donors (Lipinski definition) is 1. The van der Waals surface area contributed by atoms with Crippen LogP contribution in [0.2, 0.25) is 0 Å². The Morgan fingerprint density at radius 3 is 2.47 bits per heavy atom. The Morgan fingerprint density at radius 2 is 1.95 bits per heavy atom. The molecule has 0 spiro atoms. The smallest absolute Gasteiger partial charge is 0.118 e. The summed E-state index contributed by atoms with van der Waals surface area (Å²) in [5.74, 6) is 1.70. The lowest BCUT2D eigenvalue weighted by Gasteiger charge is -2.21. The van der Waals surface area contributed by atoms with Crippen molar-refractivity contribution in [3.63, 3.8) is 0 Å². The zero-order chi connectivity index (χ0) is 13.7. The molecule has 0 aromatic heterocycles. The van der Waals surface area contributed by atoms with Crippen LogP contribution in [0.4, 0.5) is 0 Å². The summed E-state index contributed by atoms with van der Waals surface area (Å²) in [7, 11) is 1.70. The van der Waals surface area contributed by atoms with Crippen LogP contribution in [-0.4, -0.2) is 26.4 Å². The normalized spacial score (nSPS) is 18.1. The quantitative estimate of drug-likeness (QED) is 0.781. The summed E-state index contributed by atoms with van der Waals surface area (Å²) in [5.41, 5.74) is 1.35. The van der Waals surface area contributed by atoms with E-state index in [0.717, 1.165) is 24.8 Å². The summed E-state index contributed by atoms with van der Waals surface area (Å²) < 4.78 is 10.8. The van der Waals surface area contributed by atoms with Gasteiger partial charge in [0.25, 0.3) is 0 Å². The molecule has 1 saturated carbocycles. The molecule has 0 heterocycles. The largest absolute Gasteiger partial charge is 0.497 e. The maximum absolute atomic E-state index is 5.58. The Kier molecular flexibility index (Phi) is 5.23. The Morgan fingerprint density at radius 1 is 1.26 bits per heavy atom. The van der Waals surface area contributed by atoms with Crippen LogP contribution in [0.25, 0.3) is 0 Å². The van der Waals surface area contributed by atoms with Gasteiger partial charge in [-0.05, 0) is 50.3 Å². The minimum atomic E-state index is 0.268. The molecule has 1 fully saturated rings. The molecule has 3 heteroatoms. The standard InChI is InChI=1S/C16H25NO2/c1-4-19-12(2)11-17-16(13-5-6-13)14-7-9-15(18-3)10-8-14/h7-10,12-13,16-17H,4-6,11H2,1-3H3. The van der Waals surface area contributed by atoms with Crippen LogP contribution >= 0.6 is 0 Å². The molecule has 2 rings (SSSR count). The summed E-state index contributed by atoms with van der Waals surface area (Å²) in [6.07, 6.45) is 2.92. The second kappa shape index (κ2) is 6.92. The first-order valence-electron chi connectivity index (χ1n) is 7.23. The molecule has 0 saturated heterocycles. The molecule has 2 unspecified atom stereocenters. The van der Waals surface area contributed by atoms with E-state index in [1.165, 1.54) is 18.4 Å². The second-order valence-electron chi connectivity index (χ2n) is 5.26. The van der Waals surface area contributed by atoms with Gasteiger partial charge >= 0.3 is 0 Å². The molecule has 2 atom stereocenters. The highest BCUT2D eigenvalue weighted by atomic mass is 16.5. The van der Waals surface area contributed by atoms with E-state index in [1.807, 2.05) is 19.1 Å². The van der Waals surface area contributed by atoms with Crippen molar-refractivity contribution in [2.75, 3.05) is 20.3 Å². The van der Waals surface area contributed by atoms with Crippen LogP contribution in [0.1, 0.15) is 38.3 Å². The van der Waals surface area contributed by atoms with Crippen molar-refractivity contribution in [1.29, 1.82) is 0 Å². The van der Waals surface area contributed by atoms with Crippen molar-refractivity contribution >= 4 is 0 Å². The second-order valence-corrected chi connectivity index (χ2v) is 5.26. The fourth-order valence-electron chi connectivity index (χ4n) is 2.43. The molecule has 3 nitrogen and oxygen atoms in total. The summed E-state index contributed by atoms with van der Waals surface area (Å²) >= 11 is 0. The molecule has 1 aromatic carbocycles. The van der Waals surface area contributed by atoms with Crippen molar-refractivity contribution in [3.05, 3.63) is 29.8 Å². The maximum atomic E-state index is 5.58. The van der Waals surface area contributed by atoms with Gasteiger partial charge in [0.05, 0.1) is 13.2 Å². The maximum Gasteiger partial charge on any atom is 0.118 e. The van der Waals surface area contributed by atoms with Crippen LogP contribution in [-0.2, 0) is 4.74 Å². The predicted molar refractivity (Wildman–Crippen MR) is 77.5 cm³/mol. The minimum Gasteiger partial charge on any atom is -0.497 e. The van der Waals surface area contributed by atoms with Crippen LogP contribution in [0.5, 0.6) is 5.75 Å². The summed E-state index contributed by atoms with van der Waals surface area (Å²) in [4.78, 5) is 0. The Hall–Kier alpha value is -1.06. The molecule has 1 aromatic rings. The van der Waals surface area contributed by atoms with Crippen LogP contribution in [0, 0.1) is 5.92 Å². The highest BCUT2D eigenvalue weighted by Crippen LogP contribution is 2.41. The number of methoxy groups -OCH3 is 1. The number of hydrogen-bond acceptors (Lipinski definition) is 3. The van der Waals surface area contributed by atoms with Crippen molar-refractivity contribution in [2.24, 2.45) is 5.92 Å². The molecular formula is C16H25NO2. The van der Waals surface area contributed by atoms with Gasteiger partial charge in [-0.1, -0.05) is 12.1 Å². The van der Waals surface area contributed by atoms with Crippen molar-refractivity contribution in [2.45, 2.75) is 38.8 Å². The predicted octanol–water partition coefficient (Wildman–Crippen LogP) is 3.16. The summed E-state index contributed by atoms with van der Waals surface area (Å²) in [5, 5.41) is 3.65. The van der Waals surface area contributed by atoms with Gasteiger partial charge in [-0.3, -0.25) is 0 Å². The first kappa shape index (κ1) is 14.4. The van der Waals surface area contributed by atoms with Crippen LogP contribution in [0.3, 0.4) is 0 Å². The average molecular weight is 263 g/mol. The van der Waals surface area contributed by atoms with Crippen molar-refractivity contribution < 1.29 is 9.47 Å². The molecule has 0 amide bonds. The Balaban J connectivity index is 1.95. The summed E-state index contributed by atoms with van der Waals surface area (Å²) in [6, 6.07) is 8.87. The molecule has 106 valence electrons. The summed E-state index contributed by atoms with van der Waals surface area (Å²) in [6.45, 7) is 5.84. The van der Waals surface area contributed by atoms with Gasteiger partial charge in [0.15, 0.2) is 0 Å². The van der Waals surface area contributed by atoms with Gasteiger partial charge in [-0.25, -0.2) is 0 Å². The van der Waals surface area contributed by atoms with Crippen LogP contribution < -0.4 is 10.1 Å². The van der Waals surface area contributed by atoms with E-state index in [4.69, 9.17) is 9.47 Å². The molecule has 0 radical (unpaired) electrons. The molecule has 1 aliphatic carbocycles. The molecular weight excluding hydrogens is 238 g/mol. The number of benzene rings is 1. The lowest BCUT2D eigenvalue weighted by atomic mass is 10.0. The Bertz CT molecular complexity index is 373. The topological polar surface area (TPSA) is 30.5 Å². The van der Waals surface area contributed by atoms with E-state index in [1.54, 1.807) is 7.11 Å². The van der Waals surface area contributed by atoms with Gasteiger partial charge in [0.1, 0.15) is 5.75 Å². The van der Waals surface area contributed by atoms with E-state index in [9.17, 15) is 0 Å². The Labute approximate surface area is 116 Å². The number of nitrogens with one attached hydrogen (secondary N) is 1. The lowest BCUT2D eigenvalue weighted by Crippen LogP contribution is -2.31. The highest BCUT2D eigenvalue weighted by Gasteiger charge is 2.32. The third kappa shape index (κ3) is 4.22. The van der Waals surface area contributed by atoms with Gasteiger partial charge in [-0.2, -0.15) is 0 Å². The molecule has 0 aliphatic heterocycles. The average Bonchev–Trinajstić information content (AvgIpc) is 3.25. The molecule has 0 bridgehead atoms. The van der Waals surface area contributed by atoms with Gasteiger partial charge in [-0.15, -0.1) is 0 Å². The first-order chi connectivity index (χ1) is 9.24. The molecule has 19 heavy (non-hydrogen) atoms.